The van der Waals surface area contributed by atoms with E-state index in [-0.39, 0.29) is 18.0 Å². The van der Waals surface area contributed by atoms with Crippen LogP contribution in [0.3, 0.4) is 0 Å². The second-order valence-electron chi connectivity index (χ2n) is 3.98. The topological polar surface area (TPSA) is 52.6 Å². The molecule has 16 heavy (non-hydrogen) atoms. The third-order valence-corrected chi connectivity index (χ3v) is 1.59. The second-order valence-corrected chi connectivity index (χ2v) is 3.98. The molecule has 0 rings (SSSR count). The largest absolute Gasteiger partial charge is 0.436 e. The van der Waals surface area contributed by atoms with E-state index in [2.05, 4.69) is 4.74 Å². The fraction of sp³-hybridized carbons (Fsp3) is 0.833. The Bertz CT molecular complexity index is 195. The first-order chi connectivity index (χ1) is 7.33. The van der Waals surface area contributed by atoms with Gasteiger partial charge >= 0.3 is 5.97 Å². The number of ether oxygens (including phenoxy) is 2. The Hall–Kier alpha value is -0.900. The number of ketones is 1. The SMILES string of the molecule is CC(=O)CC(C)C.CCC(OC)OC(C)=O. The van der Waals surface area contributed by atoms with Crippen LogP contribution >= 0.6 is 0 Å². The van der Waals surface area contributed by atoms with Gasteiger partial charge in [-0.05, 0) is 12.8 Å². The molecule has 0 N–H and O–H groups in total. The van der Waals surface area contributed by atoms with Crippen molar-refractivity contribution in [2.24, 2.45) is 5.92 Å². The van der Waals surface area contributed by atoms with Gasteiger partial charge in [0.15, 0.2) is 0 Å². The van der Waals surface area contributed by atoms with Crippen LogP contribution in [0, 0.1) is 5.92 Å². The second kappa shape index (κ2) is 10.6. The average molecular weight is 232 g/mol. The molecule has 0 aromatic heterocycles. The van der Waals surface area contributed by atoms with E-state index in [4.69, 9.17) is 4.74 Å². The normalized spacial score (nSPS) is 11.4. The molecule has 0 radical (unpaired) electrons. The van der Waals surface area contributed by atoms with Gasteiger partial charge in [-0.25, -0.2) is 0 Å². The van der Waals surface area contributed by atoms with Crippen molar-refractivity contribution in [3.8, 4) is 0 Å². The molecule has 0 bridgehead atoms. The van der Waals surface area contributed by atoms with E-state index < -0.39 is 0 Å². The van der Waals surface area contributed by atoms with Crippen LogP contribution in [0.5, 0.6) is 0 Å². The Morgan fingerprint density at radius 3 is 1.75 bits per heavy atom. The first-order valence-corrected chi connectivity index (χ1v) is 5.52. The average Bonchev–Trinajstić information content (AvgIpc) is 2.12. The Kier molecular flexibility index (Phi) is 11.6. The van der Waals surface area contributed by atoms with Crippen LogP contribution in [0.4, 0.5) is 0 Å². The minimum absolute atomic E-state index is 0.287. The minimum Gasteiger partial charge on any atom is -0.436 e. The van der Waals surface area contributed by atoms with Crippen LogP contribution in [0.1, 0.15) is 47.5 Å². The number of carbonyl (C=O) groups excluding carboxylic acids is 2. The third-order valence-electron chi connectivity index (χ3n) is 1.59. The monoisotopic (exact) mass is 232 g/mol. The number of methoxy groups -OCH3 is 1. The highest BCUT2D eigenvalue weighted by atomic mass is 16.7. The summed E-state index contributed by atoms with van der Waals surface area (Å²) >= 11 is 0. The van der Waals surface area contributed by atoms with Gasteiger partial charge < -0.3 is 14.3 Å². The lowest BCUT2D eigenvalue weighted by atomic mass is 10.1. The highest BCUT2D eigenvalue weighted by Gasteiger charge is 2.05. The summed E-state index contributed by atoms with van der Waals surface area (Å²) in [6, 6.07) is 0. The van der Waals surface area contributed by atoms with Gasteiger partial charge in [0, 0.05) is 26.9 Å². The van der Waals surface area contributed by atoms with Crippen LogP contribution in [0.2, 0.25) is 0 Å². The number of esters is 1. The summed E-state index contributed by atoms with van der Waals surface area (Å²) in [6.07, 6.45) is 1.04. The molecule has 1 atom stereocenters. The van der Waals surface area contributed by atoms with Gasteiger partial charge in [-0.2, -0.15) is 0 Å². The van der Waals surface area contributed by atoms with Gasteiger partial charge in [0.2, 0.25) is 6.29 Å². The summed E-state index contributed by atoms with van der Waals surface area (Å²) in [5, 5.41) is 0. The predicted octanol–water partition coefficient (Wildman–Crippen LogP) is 2.55. The van der Waals surface area contributed by atoms with Gasteiger partial charge in [-0.1, -0.05) is 20.8 Å². The summed E-state index contributed by atoms with van der Waals surface area (Å²) in [7, 11) is 1.51. The quantitative estimate of drug-likeness (QED) is 0.540. The van der Waals surface area contributed by atoms with Crippen LogP contribution in [-0.4, -0.2) is 25.2 Å². The molecule has 0 aromatic carbocycles. The van der Waals surface area contributed by atoms with Crippen molar-refractivity contribution < 1.29 is 19.1 Å². The van der Waals surface area contributed by atoms with Crippen molar-refractivity contribution in [3.63, 3.8) is 0 Å². The van der Waals surface area contributed by atoms with Gasteiger partial charge in [0.1, 0.15) is 5.78 Å². The van der Waals surface area contributed by atoms with E-state index in [1.54, 1.807) is 6.92 Å². The lowest BCUT2D eigenvalue weighted by Gasteiger charge is -2.11. The highest BCUT2D eigenvalue weighted by molar-refractivity contribution is 5.75. The van der Waals surface area contributed by atoms with Gasteiger partial charge in [-0.3, -0.25) is 4.79 Å². The van der Waals surface area contributed by atoms with Crippen LogP contribution < -0.4 is 0 Å². The molecule has 96 valence electrons. The van der Waals surface area contributed by atoms with Gasteiger partial charge in [0.05, 0.1) is 0 Å². The first-order valence-electron chi connectivity index (χ1n) is 5.52. The summed E-state index contributed by atoms with van der Waals surface area (Å²) in [5.74, 6) is 0.510. The van der Waals surface area contributed by atoms with E-state index >= 15 is 0 Å². The van der Waals surface area contributed by atoms with Crippen molar-refractivity contribution >= 4 is 11.8 Å². The molecule has 0 aromatic rings. The summed E-state index contributed by atoms with van der Waals surface area (Å²) in [6.45, 7) is 8.96. The molecule has 0 saturated carbocycles. The molecule has 0 aliphatic rings. The maximum atomic E-state index is 10.3. The highest BCUT2D eigenvalue weighted by Crippen LogP contribution is 1.98. The van der Waals surface area contributed by atoms with Crippen molar-refractivity contribution in [1.82, 2.24) is 0 Å². The third kappa shape index (κ3) is 15.6. The first kappa shape index (κ1) is 17.5. The van der Waals surface area contributed by atoms with E-state index in [9.17, 15) is 9.59 Å². The number of carbonyl (C=O) groups is 2. The summed E-state index contributed by atoms with van der Waals surface area (Å²) < 4.78 is 9.45. The van der Waals surface area contributed by atoms with Gasteiger partial charge in [0.25, 0.3) is 0 Å². The zero-order chi connectivity index (χ0) is 13.1. The molecule has 4 heteroatoms. The van der Waals surface area contributed by atoms with E-state index in [0.29, 0.717) is 12.3 Å². The Morgan fingerprint density at radius 1 is 1.19 bits per heavy atom. The molecule has 0 aliphatic heterocycles. The van der Waals surface area contributed by atoms with Crippen molar-refractivity contribution in [2.45, 2.75) is 53.8 Å². The van der Waals surface area contributed by atoms with Crippen molar-refractivity contribution in [2.75, 3.05) is 7.11 Å². The lowest BCUT2D eigenvalue weighted by molar-refractivity contribution is -0.171. The number of hydrogen-bond donors (Lipinski definition) is 0. The maximum Gasteiger partial charge on any atom is 0.304 e. The van der Waals surface area contributed by atoms with Crippen LogP contribution in [0.25, 0.3) is 0 Å². The van der Waals surface area contributed by atoms with Gasteiger partial charge in [-0.15, -0.1) is 0 Å². The summed E-state index contributed by atoms with van der Waals surface area (Å²) in [5.41, 5.74) is 0. The Balaban J connectivity index is 0. The lowest BCUT2D eigenvalue weighted by Crippen LogP contribution is -2.16. The molecule has 0 spiro atoms. The summed E-state index contributed by atoms with van der Waals surface area (Å²) in [4.78, 5) is 20.5. The molecule has 4 nitrogen and oxygen atoms in total. The van der Waals surface area contributed by atoms with Crippen molar-refractivity contribution in [3.05, 3.63) is 0 Å². The Labute approximate surface area is 98.3 Å². The van der Waals surface area contributed by atoms with Crippen LogP contribution in [0.15, 0.2) is 0 Å². The molecule has 1 unspecified atom stereocenters. The standard InChI is InChI=1S/C6H12O3.C6H12O/c1-4-6(8-3)9-5(2)7;1-5(2)4-6(3)7/h6H,4H2,1-3H3;5H,4H2,1-3H3. The molecule has 0 saturated heterocycles. The number of rotatable bonds is 5. The smallest absolute Gasteiger partial charge is 0.304 e. The fourth-order valence-corrected chi connectivity index (χ4v) is 1.06. The maximum absolute atomic E-state index is 10.3. The van der Waals surface area contributed by atoms with E-state index in [1.165, 1.54) is 14.0 Å². The predicted molar refractivity (Wildman–Crippen MR) is 63.0 cm³/mol. The minimum atomic E-state index is -0.373. The van der Waals surface area contributed by atoms with Crippen molar-refractivity contribution in [1.29, 1.82) is 0 Å². The zero-order valence-corrected chi connectivity index (χ0v) is 11.2. The van der Waals surface area contributed by atoms with Crippen LogP contribution in [-0.2, 0) is 19.1 Å². The molecule has 0 amide bonds. The molecular weight excluding hydrogens is 208 g/mol. The number of hydrogen-bond acceptors (Lipinski definition) is 4. The molecule has 0 aliphatic carbocycles. The van der Waals surface area contributed by atoms with E-state index in [0.717, 1.165) is 6.42 Å². The fourth-order valence-electron chi connectivity index (χ4n) is 1.06. The molecular formula is C12H24O4. The molecule has 0 heterocycles. The Morgan fingerprint density at radius 2 is 1.69 bits per heavy atom. The molecule has 0 fully saturated rings. The van der Waals surface area contributed by atoms with E-state index in [1.807, 2.05) is 20.8 Å². The zero-order valence-electron chi connectivity index (χ0n) is 11.2. The number of Topliss-reactive ketones (excluding diaryl/α,β-unsaturated/α-hetero) is 1.